The van der Waals surface area contributed by atoms with Crippen molar-refractivity contribution in [1.82, 2.24) is 25.3 Å². The third kappa shape index (κ3) is 2.00. The number of benzene rings is 1. The Hall–Kier alpha value is -2.14. The molecule has 1 aliphatic heterocycles. The normalized spacial score (nSPS) is 19.5. The van der Waals surface area contributed by atoms with Crippen LogP contribution in [-0.4, -0.2) is 33.0 Å². The molecule has 0 aliphatic carbocycles. The van der Waals surface area contributed by atoms with Crippen LogP contribution in [0, 0.1) is 0 Å². The van der Waals surface area contributed by atoms with Crippen molar-refractivity contribution in [3.8, 4) is 11.3 Å². The van der Waals surface area contributed by atoms with Gasteiger partial charge in [0.25, 0.3) is 0 Å². The van der Waals surface area contributed by atoms with Gasteiger partial charge in [0.1, 0.15) is 5.82 Å². The van der Waals surface area contributed by atoms with Gasteiger partial charge < -0.3 is 15.3 Å². The molecule has 0 spiro atoms. The molecule has 0 radical (unpaired) electrons. The SMILES string of the molecule is c1nc2ccc(-c3cnc(C4CCCNC4)[nH]3)cc2[nH]1. The topological polar surface area (TPSA) is 69.4 Å². The molecule has 5 heteroatoms. The summed E-state index contributed by atoms with van der Waals surface area (Å²) in [4.78, 5) is 15.4. The van der Waals surface area contributed by atoms with E-state index < -0.39 is 0 Å². The molecule has 1 unspecified atom stereocenters. The van der Waals surface area contributed by atoms with Gasteiger partial charge in [-0.05, 0) is 31.5 Å². The summed E-state index contributed by atoms with van der Waals surface area (Å²) < 4.78 is 0. The number of hydrogen-bond acceptors (Lipinski definition) is 3. The van der Waals surface area contributed by atoms with Crippen molar-refractivity contribution in [3.05, 3.63) is 36.5 Å². The van der Waals surface area contributed by atoms with E-state index in [1.54, 1.807) is 6.33 Å². The third-order valence-electron chi connectivity index (χ3n) is 4.01. The maximum Gasteiger partial charge on any atom is 0.110 e. The van der Waals surface area contributed by atoms with Crippen molar-refractivity contribution in [2.75, 3.05) is 13.1 Å². The molecule has 102 valence electrons. The second-order valence-electron chi connectivity index (χ2n) is 5.36. The zero-order valence-corrected chi connectivity index (χ0v) is 11.2. The average Bonchev–Trinajstić information content (AvgIpc) is 3.16. The van der Waals surface area contributed by atoms with Gasteiger partial charge >= 0.3 is 0 Å². The fourth-order valence-electron chi connectivity index (χ4n) is 2.88. The van der Waals surface area contributed by atoms with Crippen LogP contribution in [0.1, 0.15) is 24.6 Å². The van der Waals surface area contributed by atoms with E-state index >= 15 is 0 Å². The van der Waals surface area contributed by atoms with Gasteiger partial charge in [-0.25, -0.2) is 9.97 Å². The maximum absolute atomic E-state index is 4.56. The Morgan fingerprint density at radius 1 is 1.20 bits per heavy atom. The number of nitrogens with zero attached hydrogens (tertiary/aromatic N) is 2. The number of aromatic nitrogens is 4. The number of rotatable bonds is 2. The fraction of sp³-hybridized carbons (Fsp3) is 0.333. The number of nitrogens with one attached hydrogen (secondary N) is 3. The monoisotopic (exact) mass is 267 g/mol. The Kier molecular flexibility index (Phi) is 2.77. The number of fused-ring (bicyclic) bond motifs is 1. The molecule has 1 saturated heterocycles. The summed E-state index contributed by atoms with van der Waals surface area (Å²) in [6, 6.07) is 6.22. The molecular weight excluding hydrogens is 250 g/mol. The van der Waals surface area contributed by atoms with Gasteiger partial charge in [0.05, 0.1) is 29.3 Å². The lowest BCUT2D eigenvalue weighted by Crippen LogP contribution is -2.28. The number of H-pyrrole nitrogens is 2. The Morgan fingerprint density at radius 2 is 2.20 bits per heavy atom. The van der Waals surface area contributed by atoms with Crippen LogP contribution in [0.2, 0.25) is 0 Å². The largest absolute Gasteiger partial charge is 0.345 e. The minimum absolute atomic E-state index is 0.508. The van der Waals surface area contributed by atoms with Crippen molar-refractivity contribution >= 4 is 11.0 Å². The number of hydrogen-bond donors (Lipinski definition) is 3. The first kappa shape index (κ1) is 11.7. The summed E-state index contributed by atoms with van der Waals surface area (Å²) in [6.45, 7) is 2.15. The Morgan fingerprint density at radius 3 is 3.10 bits per heavy atom. The van der Waals surface area contributed by atoms with Crippen LogP contribution >= 0.6 is 0 Å². The molecule has 5 nitrogen and oxygen atoms in total. The first-order valence-electron chi connectivity index (χ1n) is 7.09. The van der Waals surface area contributed by atoms with Crippen molar-refractivity contribution < 1.29 is 0 Å². The van der Waals surface area contributed by atoms with E-state index in [-0.39, 0.29) is 0 Å². The molecule has 3 N–H and O–H groups in total. The number of aromatic amines is 2. The van der Waals surface area contributed by atoms with Crippen molar-refractivity contribution in [2.24, 2.45) is 0 Å². The second-order valence-corrected chi connectivity index (χ2v) is 5.36. The van der Waals surface area contributed by atoms with Crippen molar-refractivity contribution in [1.29, 1.82) is 0 Å². The van der Waals surface area contributed by atoms with Crippen molar-refractivity contribution in [2.45, 2.75) is 18.8 Å². The van der Waals surface area contributed by atoms with Gasteiger partial charge in [-0.1, -0.05) is 6.07 Å². The highest BCUT2D eigenvalue weighted by Gasteiger charge is 2.18. The molecule has 4 rings (SSSR count). The van der Waals surface area contributed by atoms with Gasteiger partial charge in [0, 0.05) is 18.0 Å². The average molecular weight is 267 g/mol. The zero-order valence-electron chi connectivity index (χ0n) is 11.2. The summed E-state index contributed by atoms with van der Waals surface area (Å²) >= 11 is 0. The lowest BCUT2D eigenvalue weighted by molar-refractivity contribution is 0.449. The summed E-state index contributed by atoms with van der Waals surface area (Å²) in [7, 11) is 0. The van der Waals surface area contributed by atoms with Crippen LogP contribution < -0.4 is 5.32 Å². The van der Waals surface area contributed by atoms with Crippen molar-refractivity contribution in [3.63, 3.8) is 0 Å². The summed E-state index contributed by atoms with van der Waals surface area (Å²) in [5.74, 6) is 1.60. The predicted molar refractivity (Wildman–Crippen MR) is 78.5 cm³/mol. The minimum atomic E-state index is 0.508. The van der Waals surface area contributed by atoms with E-state index in [9.17, 15) is 0 Å². The molecule has 3 heterocycles. The highest BCUT2D eigenvalue weighted by molar-refractivity contribution is 5.80. The molecule has 1 aliphatic rings. The van der Waals surface area contributed by atoms with Gasteiger partial charge in [-0.15, -0.1) is 0 Å². The molecule has 1 atom stereocenters. The molecule has 0 bridgehead atoms. The third-order valence-corrected chi connectivity index (χ3v) is 4.01. The van der Waals surface area contributed by atoms with Crippen LogP contribution in [0.25, 0.3) is 22.3 Å². The molecular formula is C15H17N5. The highest BCUT2D eigenvalue weighted by atomic mass is 15.0. The predicted octanol–water partition coefficient (Wildman–Crippen LogP) is 2.42. The summed E-state index contributed by atoms with van der Waals surface area (Å²) in [5.41, 5.74) is 4.26. The van der Waals surface area contributed by atoms with E-state index in [4.69, 9.17) is 0 Å². The molecule has 1 fully saturated rings. The van der Waals surface area contributed by atoms with E-state index in [2.05, 4.69) is 37.4 Å². The van der Waals surface area contributed by atoms with Crippen LogP contribution in [0.4, 0.5) is 0 Å². The first-order chi connectivity index (χ1) is 9.90. The van der Waals surface area contributed by atoms with Gasteiger partial charge in [-0.3, -0.25) is 0 Å². The Bertz CT molecular complexity index is 721. The van der Waals surface area contributed by atoms with E-state index in [0.717, 1.165) is 41.2 Å². The minimum Gasteiger partial charge on any atom is -0.345 e. The van der Waals surface area contributed by atoms with E-state index in [1.165, 1.54) is 12.8 Å². The lowest BCUT2D eigenvalue weighted by Gasteiger charge is -2.20. The first-order valence-corrected chi connectivity index (χ1v) is 7.09. The summed E-state index contributed by atoms with van der Waals surface area (Å²) in [6.07, 6.45) is 6.09. The smallest absolute Gasteiger partial charge is 0.110 e. The number of imidazole rings is 2. The molecule has 20 heavy (non-hydrogen) atoms. The van der Waals surface area contributed by atoms with Gasteiger partial charge in [0.15, 0.2) is 0 Å². The Labute approximate surface area is 116 Å². The van der Waals surface area contributed by atoms with Crippen LogP contribution in [0.5, 0.6) is 0 Å². The molecule has 2 aromatic heterocycles. The molecule has 0 amide bonds. The Balaban J connectivity index is 1.66. The maximum atomic E-state index is 4.56. The van der Waals surface area contributed by atoms with Crippen LogP contribution in [0.3, 0.4) is 0 Å². The number of piperidine rings is 1. The van der Waals surface area contributed by atoms with E-state index in [0.29, 0.717) is 5.92 Å². The standard InChI is InChI=1S/C15H17N5/c1-2-11(7-16-5-1)15-17-8-14(20-15)10-3-4-12-13(6-10)19-9-18-12/h3-4,6,8-9,11,16H,1-2,5,7H2,(H,17,20)(H,18,19). The zero-order chi connectivity index (χ0) is 13.4. The van der Waals surface area contributed by atoms with Crippen LogP contribution in [0.15, 0.2) is 30.7 Å². The quantitative estimate of drug-likeness (QED) is 0.668. The van der Waals surface area contributed by atoms with E-state index in [1.807, 2.05) is 12.3 Å². The lowest BCUT2D eigenvalue weighted by atomic mass is 9.99. The fourth-order valence-corrected chi connectivity index (χ4v) is 2.88. The van der Waals surface area contributed by atoms with Crippen LogP contribution in [-0.2, 0) is 0 Å². The highest BCUT2D eigenvalue weighted by Crippen LogP contribution is 2.25. The van der Waals surface area contributed by atoms with Gasteiger partial charge in [-0.2, -0.15) is 0 Å². The second kappa shape index (κ2) is 4.76. The molecule has 0 saturated carbocycles. The molecule has 3 aromatic rings. The summed E-state index contributed by atoms with van der Waals surface area (Å²) in [5, 5.41) is 3.43. The molecule has 1 aromatic carbocycles. The van der Waals surface area contributed by atoms with Gasteiger partial charge in [0.2, 0.25) is 0 Å².